The fourth-order valence-electron chi connectivity index (χ4n) is 1.48. The van der Waals surface area contributed by atoms with Gasteiger partial charge in [0.2, 0.25) is 0 Å². The lowest BCUT2D eigenvalue weighted by atomic mass is 10.1. The molecule has 1 aromatic rings. The lowest BCUT2D eigenvalue weighted by Crippen LogP contribution is -2.14. The molecular weight excluding hydrogens is 232 g/mol. The minimum atomic E-state index is -0.306. The third kappa shape index (κ3) is 3.39. The summed E-state index contributed by atoms with van der Waals surface area (Å²) < 4.78 is 15.7. The lowest BCUT2D eigenvalue weighted by molar-refractivity contribution is -0.152. The summed E-state index contributed by atoms with van der Waals surface area (Å²) in [5.74, 6) is 0.941. The van der Waals surface area contributed by atoms with Crippen LogP contribution in [0.3, 0.4) is 0 Å². The maximum Gasteiger partial charge on any atom is 0.308 e. The predicted molar refractivity (Wildman–Crippen MR) is 68.9 cm³/mol. The molecule has 0 N–H and O–H groups in total. The Labute approximate surface area is 108 Å². The highest BCUT2D eigenvalue weighted by Crippen LogP contribution is 2.31. The van der Waals surface area contributed by atoms with Crippen LogP contribution >= 0.6 is 0 Å². The number of carbonyl (C=O) groups is 1. The Morgan fingerprint density at radius 3 is 2.17 bits per heavy atom. The van der Waals surface area contributed by atoms with Gasteiger partial charge in [-0.15, -0.1) is 0 Å². The van der Waals surface area contributed by atoms with Gasteiger partial charge < -0.3 is 14.2 Å². The van der Waals surface area contributed by atoms with E-state index >= 15 is 0 Å². The number of esters is 1. The van der Waals surface area contributed by atoms with Gasteiger partial charge in [0.25, 0.3) is 0 Å². The van der Waals surface area contributed by atoms with Gasteiger partial charge >= 0.3 is 5.97 Å². The maximum absolute atomic E-state index is 11.5. The second kappa shape index (κ2) is 6.28. The molecule has 0 spiro atoms. The van der Waals surface area contributed by atoms with Crippen molar-refractivity contribution in [3.8, 4) is 11.5 Å². The lowest BCUT2D eigenvalue weighted by Gasteiger charge is -2.17. The van der Waals surface area contributed by atoms with Crippen molar-refractivity contribution in [3.63, 3.8) is 0 Å². The highest BCUT2D eigenvalue weighted by molar-refractivity contribution is 5.71. The molecule has 0 saturated heterocycles. The Morgan fingerprint density at radius 1 is 1.06 bits per heavy atom. The molecule has 0 amide bonds. The average molecular weight is 252 g/mol. The molecule has 4 heteroatoms. The van der Waals surface area contributed by atoms with Crippen LogP contribution in [0.5, 0.6) is 11.5 Å². The minimum absolute atomic E-state index is 0.132. The molecule has 0 fully saturated rings. The fraction of sp³-hybridized carbons (Fsp3) is 0.500. The SMILES string of the molecule is COc1ccc(C(C)OC(=O)C(C)C)cc1OC. The van der Waals surface area contributed by atoms with Crippen molar-refractivity contribution in [2.45, 2.75) is 26.9 Å². The molecule has 0 heterocycles. The first kappa shape index (κ1) is 14.4. The Hall–Kier alpha value is -1.71. The van der Waals surface area contributed by atoms with E-state index in [0.29, 0.717) is 11.5 Å². The van der Waals surface area contributed by atoms with E-state index in [4.69, 9.17) is 14.2 Å². The van der Waals surface area contributed by atoms with E-state index in [2.05, 4.69) is 0 Å². The van der Waals surface area contributed by atoms with E-state index in [1.807, 2.05) is 32.9 Å². The van der Waals surface area contributed by atoms with Crippen LogP contribution in [-0.4, -0.2) is 20.2 Å². The van der Waals surface area contributed by atoms with Crippen LogP contribution in [0.4, 0.5) is 0 Å². The summed E-state index contributed by atoms with van der Waals surface area (Å²) in [4.78, 5) is 11.5. The van der Waals surface area contributed by atoms with Crippen LogP contribution in [-0.2, 0) is 9.53 Å². The van der Waals surface area contributed by atoms with Gasteiger partial charge in [-0.05, 0) is 24.6 Å². The molecule has 0 aliphatic rings. The van der Waals surface area contributed by atoms with Crippen molar-refractivity contribution in [2.75, 3.05) is 14.2 Å². The molecule has 1 rings (SSSR count). The van der Waals surface area contributed by atoms with Crippen LogP contribution in [0, 0.1) is 5.92 Å². The number of methoxy groups -OCH3 is 2. The third-order valence-electron chi connectivity index (χ3n) is 2.64. The van der Waals surface area contributed by atoms with E-state index in [1.165, 1.54) is 0 Å². The second-order valence-corrected chi connectivity index (χ2v) is 4.35. The molecule has 0 bridgehead atoms. The number of rotatable bonds is 5. The van der Waals surface area contributed by atoms with Gasteiger partial charge in [0.15, 0.2) is 11.5 Å². The molecule has 0 aliphatic carbocycles. The zero-order valence-electron chi connectivity index (χ0n) is 11.5. The van der Waals surface area contributed by atoms with Gasteiger partial charge in [0, 0.05) is 0 Å². The smallest absolute Gasteiger partial charge is 0.308 e. The van der Waals surface area contributed by atoms with Gasteiger partial charge in [0.1, 0.15) is 6.10 Å². The summed E-state index contributed by atoms with van der Waals surface area (Å²) in [7, 11) is 3.16. The zero-order valence-corrected chi connectivity index (χ0v) is 11.5. The van der Waals surface area contributed by atoms with E-state index in [9.17, 15) is 4.79 Å². The Bertz CT molecular complexity index is 412. The first-order valence-corrected chi connectivity index (χ1v) is 5.92. The van der Waals surface area contributed by atoms with E-state index in [-0.39, 0.29) is 18.0 Å². The van der Waals surface area contributed by atoms with Gasteiger partial charge in [-0.2, -0.15) is 0 Å². The van der Waals surface area contributed by atoms with Crippen LogP contribution < -0.4 is 9.47 Å². The highest BCUT2D eigenvalue weighted by Gasteiger charge is 2.16. The normalized spacial score (nSPS) is 12.1. The van der Waals surface area contributed by atoms with Gasteiger partial charge in [-0.1, -0.05) is 19.9 Å². The Balaban J connectivity index is 2.86. The molecular formula is C14H20O4. The van der Waals surface area contributed by atoms with Crippen molar-refractivity contribution < 1.29 is 19.0 Å². The summed E-state index contributed by atoms with van der Waals surface area (Å²) in [6, 6.07) is 5.48. The number of ether oxygens (including phenoxy) is 3. The van der Waals surface area contributed by atoms with Crippen molar-refractivity contribution in [1.29, 1.82) is 0 Å². The fourth-order valence-corrected chi connectivity index (χ4v) is 1.48. The molecule has 1 unspecified atom stereocenters. The third-order valence-corrected chi connectivity index (χ3v) is 2.64. The number of carbonyl (C=O) groups excluding carboxylic acids is 1. The molecule has 1 atom stereocenters. The second-order valence-electron chi connectivity index (χ2n) is 4.35. The number of benzene rings is 1. The van der Waals surface area contributed by atoms with E-state index in [0.717, 1.165) is 5.56 Å². The molecule has 100 valence electrons. The minimum Gasteiger partial charge on any atom is -0.493 e. The molecule has 0 aliphatic heterocycles. The van der Waals surface area contributed by atoms with Gasteiger partial charge in [-0.3, -0.25) is 4.79 Å². The molecule has 0 aromatic heterocycles. The molecule has 18 heavy (non-hydrogen) atoms. The van der Waals surface area contributed by atoms with Crippen molar-refractivity contribution >= 4 is 5.97 Å². The quantitative estimate of drug-likeness (QED) is 0.756. The zero-order chi connectivity index (χ0) is 13.7. The van der Waals surface area contributed by atoms with Crippen molar-refractivity contribution in [1.82, 2.24) is 0 Å². The first-order chi connectivity index (χ1) is 8.49. The summed E-state index contributed by atoms with van der Waals surface area (Å²) in [5.41, 5.74) is 0.877. The number of hydrogen-bond donors (Lipinski definition) is 0. The maximum atomic E-state index is 11.5. The first-order valence-electron chi connectivity index (χ1n) is 5.92. The van der Waals surface area contributed by atoms with E-state index < -0.39 is 0 Å². The van der Waals surface area contributed by atoms with Gasteiger partial charge in [-0.25, -0.2) is 0 Å². The summed E-state index contributed by atoms with van der Waals surface area (Å²) >= 11 is 0. The summed E-state index contributed by atoms with van der Waals surface area (Å²) in [6.45, 7) is 5.45. The topological polar surface area (TPSA) is 44.8 Å². The van der Waals surface area contributed by atoms with Gasteiger partial charge in [0.05, 0.1) is 20.1 Å². The molecule has 1 aromatic carbocycles. The molecule has 0 saturated carbocycles. The van der Waals surface area contributed by atoms with Crippen LogP contribution in [0.1, 0.15) is 32.4 Å². The van der Waals surface area contributed by atoms with Crippen LogP contribution in [0.2, 0.25) is 0 Å². The largest absolute Gasteiger partial charge is 0.493 e. The van der Waals surface area contributed by atoms with Crippen LogP contribution in [0.15, 0.2) is 18.2 Å². The van der Waals surface area contributed by atoms with Crippen molar-refractivity contribution in [3.05, 3.63) is 23.8 Å². The molecule has 0 radical (unpaired) electrons. The van der Waals surface area contributed by atoms with Crippen molar-refractivity contribution in [2.24, 2.45) is 5.92 Å². The number of hydrogen-bond acceptors (Lipinski definition) is 4. The predicted octanol–water partition coefficient (Wildman–Crippen LogP) is 2.96. The summed E-state index contributed by atoms with van der Waals surface area (Å²) in [5, 5.41) is 0. The molecule has 4 nitrogen and oxygen atoms in total. The average Bonchev–Trinajstić information content (AvgIpc) is 2.37. The van der Waals surface area contributed by atoms with E-state index in [1.54, 1.807) is 20.3 Å². The monoisotopic (exact) mass is 252 g/mol. The summed E-state index contributed by atoms with van der Waals surface area (Å²) in [6.07, 6.45) is -0.306. The Morgan fingerprint density at radius 2 is 1.67 bits per heavy atom. The van der Waals surface area contributed by atoms with Crippen LogP contribution in [0.25, 0.3) is 0 Å². The standard InChI is InChI=1S/C14H20O4/c1-9(2)14(15)18-10(3)11-6-7-12(16-4)13(8-11)17-5/h6-10H,1-5H3. The Kier molecular flexibility index (Phi) is 5.01. The highest BCUT2D eigenvalue weighted by atomic mass is 16.5.